The van der Waals surface area contributed by atoms with Gasteiger partial charge in [0.15, 0.2) is 15.6 Å². The molecule has 1 aromatic heterocycles. The van der Waals surface area contributed by atoms with Crippen molar-refractivity contribution in [2.24, 2.45) is 0 Å². The van der Waals surface area contributed by atoms with Gasteiger partial charge in [0, 0.05) is 11.8 Å². The largest absolute Gasteiger partial charge is 0.478 e. The summed E-state index contributed by atoms with van der Waals surface area (Å²) in [4.78, 5) is 11.0. The molecule has 0 unspecified atom stereocenters. The molecule has 0 saturated carbocycles. The van der Waals surface area contributed by atoms with Gasteiger partial charge in [-0.2, -0.15) is 0 Å². The van der Waals surface area contributed by atoms with Crippen LogP contribution in [0.4, 0.5) is 0 Å². The molecule has 0 amide bonds. The number of carbonyl (C=O) groups is 1. The maximum Gasteiger partial charge on any atom is 0.336 e. The molecular weight excluding hydrogens is 306 g/mol. The van der Waals surface area contributed by atoms with E-state index in [4.69, 9.17) is 21.2 Å². The number of sulfone groups is 1. The van der Waals surface area contributed by atoms with Crippen molar-refractivity contribution in [2.45, 2.75) is 10.8 Å². The molecule has 1 aromatic carbocycles. The highest BCUT2D eigenvalue weighted by molar-refractivity contribution is 7.90. The van der Waals surface area contributed by atoms with E-state index in [0.29, 0.717) is 0 Å². The van der Waals surface area contributed by atoms with Crippen LogP contribution in [0.25, 0.3) is 11.3 Å². The summed E-state index contributed by atoms with van der Waals surface area (Å²) < 4.78 is 28.7. The Morgan fingerprint density at radius 3 is 2.60 bits per heavy atom. The Bertz CT molecular complexity index is 766. The van der Waals surface area contributed by atoms with Crippen LogP contribution < -0.4 is 0 Å². The molecule has 1 N–H and O–H groups in total. The highest BCUT2D eigenvalue weighted by Crippen LogP contribution is 2.33. The third-order valence-corrected chi connectivity index (χ3v) is 4.03. The van der Waals surface area contributed by atoms with Crippen LogP contribution >= 0.6 is 11.6 Å². The van der Waals surface area contributed by atoms with E-state index in [1.165, 1.54) is 18.2 Å². The van der Waals surface area contributed by atoms with Crippen molar-refractivity contribution in [2.75, 3.05) is 6.26 Å². The zero-order valence-electron chi connectivity index (χ0n) is 10.3. The molecule has 8 heteroatoms. The van der Waals surface area contributed by atoms with E-state index in [1.54, 1.807) is 6.07 Å². The second-order valence-corrected chi connectivity index (χ2v) is 6.26. The Morgan fingerprint density at radius 1 is 1.40 bits per heavy atom. The molecule has 6 nitrogen and oxygen atoms in total. The summed E-state index contributed by atoms with van der Waals surface area (Å²) in [6.07, 6.45) is 0.989. The van der Waals surface area contributed by atoms with Gasteiger partial charge in [-0.05, 0) is 6.07 Å². The molecule has 0 spiro atoms. The van der Waals surface area contributed by atoms with Gasteiger partial charge in [-0.15, -0.1) is 11.6 Å². The molecule has 106 valence electrons. The predicted octanol–water partition coefficient (Wildman–Crippen LogP) is 2.18. The van der Waals surface area contributed by atoms with Crippen LogP contribution in [0.2, 0.25) is 0 Å². The molecule has 2 rings (SSSR count). The maximum atomic E-state index is 11.8. The number of carboxylic acid groups (broad SMARTS) is 1. The van der Waals surface area contributed by atoms with Gasteiger partial charge in [0.25, 0.3) is 0 Å². The van der Waals surface area contributed by atoms with Crippen molar-refractivity contribution in [3.63, 3.8) is 0 Å². The smallest absolute Gasteiger partial charge is 0.336 e. The third kappa shape index (κ3) is 2.54. The van der Waals surface area contributed by atoms with Gasteiger partial charge in [-0.1, -0.05) is 23.4 Å². The van der Waals surface area contributed by atoms with Gasteiger partial charge in [0.2, 0.25) is 0 Å². The van der Waals surface area contributed by atoms with Crippen molar-refractivity contribution < 1.29 is 22.8 Å². The molecule has 0 radical (unpaired) electrons. The Balaban J connectivity index is 2.78. The molecule has 0 bridgehead atoms. The van der Waals surface area contributed by atoms with Gasteiger partial charge in [0.05, 0.1) is 11.4 Å². The van der Waals surface area contributed by atoms with E-state index in [9.17, 15) is 13.2 Å². The first-order valence-electron chi connectivity index (χ1n) is 5.43. The minimum Gasteiger partial charge on any atom is -0.478 e. The number of carboxylic acids is 1. The van der Waals surface area contributed by atoms with Crippen LogP contribution in [0.1, 0.15) is 16.1 Å². The fourth-order valence-electron chi connectivity index (χ4n) is 1.82. The summed E-state index contributed by atoms with van der Waals surface area (Å²) in [7, 11) is -3.66. The number of hydrogen-bond donors (Lipinski definition) is 1. The zero-order valence-corrected chi connectivity index (χ0v) is 11.9. The fourth-order valence-corrected chi connectivity index (χ4v) is 3.10. The molecule has 2 aromatic rings. The van der Waals surface area contributed by atoms with Gasteiger partial charge >= 0.3 is 5.97 Å². The number of benzene rings is 1. The molecule has 0 aliphatic rings. The van der Waals surface area contributed by atoms with Crippen LogP contribution in [0, 0.1) is 0 Å². The quantitative estimate of drug-likeness (QED) is 0.868. The number of aromatic carboxylic acids is 1. The first-order chi connectivity index (χ1) is 9.36. The number of hydrogen-bond acceptors (Lipinski definition) is 5. The number of nitrogens with zero attached hydrogens (tertiary/aromatic N) is 1. The lowest BCUT2D eigenvalue weighted by atomic mass is 10.1. The monoisotopic (exact) mass is 315 g/mol. The maximum absolute atomic E-state index is 11.8. The van der Waals surface area contributed by atoms with E-state index in [0.717, 1.165) is 6.26 Å². The van der Waals surface area contributed by atoms with Crippen LogP contribution in [-0.4, -0.2) is 30.9 Å². The predicted molar refractivity (Wildman–Crippen MR) is 71.6 cm³/mol. The second-order valence-electron chi connectivity index (χ2n) is 4.04. The minimum absolute atomic E-state index is 0.0596. The SMILES string of the molecule is CS(=O)(=O)c1c(CCl)noc1-c1ccccc1C(=O)O. The Labute approximate surface area is 119 Å². The summed E-state index contributed by atoms with van der Waals surface area (Å²) in [5.74, 6) is -1.45. The van der Waals surface area contributed by atoms with E-state index in [-0.39, 0.29) is 33.4 Å². The van der Waals surface area contributed by atoms with Crippen LogP contribution in [0.5, 0.6) is 0 Å². The average molecular weight is 316 g/mol. The van der Waals surface area contributed by atoms with Gasteiger partial charge in [-0.3, -0.25) is 0 Å². The number of aromatic nitrogens is 1. The molecule has 0 atom stereocenters. The Morgan fingerprint density at radius 2 is 2.05 bits per heavy atom. The van der Waals surface area contributed by atoms with Crippen LogP contribution in [-0.2, 0) is 15.7 Å². The summed E-state index contributed by atoms with van der Waals surface area (Å²) in [5.41, 5.74) is 0.128. The molecule has 0 aliphatic carbocycles. The third-order valence-electron chi connectivity index (χ3n) is 2.61. The summed E-state index contributed by atoms with van der Waals surface area (Å²) >= 11 is 5.64. The van der Waals surface area contributed by atoms with Gasteiger partial charge in [-0.25, -0.2) is 13.2 Å². The van der Waals surface area contributed by atoms with Gasteiger partial charge in [0.1, 0.15) is 10.6 Å². The summed E-state index contributed by atoms with van der Waals surface area (Å²) in [5, 5.41) is 12.7. The zero-order chi connectivity index (χ0) is 14.9. The highest BCUT2D eigenvalue weighted by atomic mass is 35.5. The standard InChI is InChI=1S/C12H10ClNO5S/c1-20(17,18)11-9(6-13)14-19-10(11)7-4-2-3-5-8(7)12(15)16/h2-5H,6H2,1H3,(H,15,16). The number of rotatable bonds is 4. The lowest BCUT2D eigenvalue weighted by Gasteiger charge is -2.04. The van der Waals surface area contributed by atoms with Gasteiger partial charge < -0.3 is 9.63 Å². The van der Waals surface area contributed by atoms with Crippen LogP contribution in [0.15, 0.2) is 33.7 Å². The topological polar surface area (TPSA) is 97.5 Å². The Kier molecular flexibility index (Phi) is 3.82. The molecule has 0 fully saturated rings. The molecule has 1 heterocycles. The molecular formula is C12H10ClNO5S. The summed E-state index contributed by atoms with van der Waals surface area (Å²) in [6, 6.07) is 5.92. The van der Waals surface area contributed by atoms with E-state index >= 15 is 0 Å². The van der Waals surface area contributed by atoms with Crippen molar-refractivity contribution in [1.29, 1.82) is 0 Å². The molecule has 0 saturated heterocycles. The van der Waals surface area contributed by atoms with Crippen molar-refractivity contribution in [3.05, 3.63) is 35.5 Å². The average Bonchev–Trinajstić information content (AvgIpc) is 2.82. The lowest BCUT2D eigenvalue weighted by molar-refractivity contribution is 0.0697. The highest BCUT2D eigenvalue weighted by Gasteiger charge is 2.27. The normalized spacial score (nSPS) is 11.5. The van der Waals surface area contributed by atoms with Crippen molar-refractivity contribution >= 4 is 27.4 Å². The summed E-state index contributed by atoms with van der Waals surface area (Å²) in [6.45, 7) is 0. The van der Waals surface area contributed by atoms with E-state index < -0.39 is 15.8 Å². The first-order valence-corrected chi connectivity index (χ1v) is 7.86. The van der Waals surface area contributed by atoms with Crippen molar-refractivity contribution in [3.8, 4) is 11.3 Å². The first kappa shape index (κ1) is 14.5. The minimum atomic E-state index is -3.66. The second kappa shape index (κ2) is 5.26. The van der Waals surface area contributed by atoms with Crippen molar-refractivity contribution in [1.82, 2.24) is 5.16 Å². The lowest BCUT2D eigenvalue weighted by Crippen LogP contribution is -2.04. The molecule has 20 heavy (non-hydrogen) atoms. The number of halogens is 1. The van der Waals surface area contributed by atoms with E-state index in [2.05, 4.69) is 5.16 Å². The van der Waals surface area contributed by atoms with E-state index in [1.807, 2.05) is 0 Å². The molecule has 0 aliphatic heterocycles. The fraction of sp³-hybridized carbons (Fsp3) is 0.167. The van der Waals surface area contributed by atoms with Crippen LogP contribution in [0.3, 0.4) is 0 Å². The Hall–Kier alpha value is -1.86. The number of alkyl halides is 1.